The fraction of sp³-hybridized carbons (Fsp3) is 0.120. The zero-order valence-electron chi connectivity index (χ0n) is 18.4. The van der Waals surface area contributed by atoms with E-state index >= 15 is 0 Å². The molecular weight excluding hydrogens is 476 g/mol. The number of Topliss-reactive ketones (excluding diaryl/α,β-unsaturated/α-hetero) is 1. The highest BCUT2D eigenvalue weighted by Crippen LogP contribution is 2.31. The first-order valence-corrected chi connectivity index (χ1v) is 12.1. The molecule has 0 saturated heterocycles. The fourth-order valence-corrected chi connectivity index (χ4v) is 4.89. The van der Waals surface area contributed by atoms with E-state index in [2.05, 4.69) is 0 Å². The first-order valence-electron chi connectivity index (χ1n) is 10.3. The lowest BCUT2D eigenvalue weighted by Crippen LogP contribution is -2.36. The molecule has 1 N–H and O–H groups in total. The molecule has 34 heavy (non-hydrogen) atoms. The van der Waals surface area contributed by atoms with Crippen molar-refractivity contribution < 1.29 is 22.7 Å². The summed E-state index contributed by atoms with van der Waals surface area (Å²) in [6.45, 7) is 2.14. The van der Waals surface area contributed by atoms with E-state index in [-0.39, 0.29) is 10.5 Å². The maximum atomic E-state index is 13.3. The number of sulfonamides is 1. The van der Waals surface area contributed by atoms with E-state index in [4.69, 9.17) is 16.3 Å². The molecule has 9 heteroatoms. The van der Waals surface area contributed by atoms with Crippen LogP contribution in [0.2, 0.25) is 5.02 Å². The van der Waals surface area contributed by atoms with Crippen LogP contribution in [-0.4, -0.2) is 31.8 Å². The summed E-state index contributed by atoms with van der Waals surface area (Å²) in [6.07, 6.45) is 0. The monoisotopic (exact) mass is 496 g/mol. The maximum Gasteiger partial charge on any atom is 0.306 e. The molecule has 0 aliphatic heterocycles. The summed E-state index contributed by atoms with van der Waals surface area (Å²) in [6, 6.07) is 19.9. The molecule has 1 aromatic heterocycles. The van der Waals surface area contributed by atoms with Crippen LogP contribution in [0, 0.1) is 6.92 Å². The Morgan fingerprint density at radius 2 is 1.68 bits per heavy atom. The highest BCUT2D eigenvalue weighted by atomic mass is 35.5. The van der Waals surface area contributed by atoms with Crippen LogP contribution in [0.4, 0.5) is 0 Å². The third-order valence-electron chi connectivity index (χ3n) is 5.50. The Morgan fingerprint density at radius 3 is 2.32 bits per heavy atom. The number of carbonyl (C=O) groups excluding carboxylic acids is 2. The van der Waals surface area contributed by atoms with Gasteiger partial charge in [-0.15, -0.1) is 0 Å². The lowest BCUT2D eigenvalue weighted by atomic mass is 10.1. The number of aromatic nitrogens is 1. The molecule has 0 aliphatic carbocycles. The first-order chi connectivity index (χ1) is 16.2. The summed E-state index contributed by atoms with van der Waals surface area (Å²) in [5, 5.41) is 1.10. The van der Waals surface area contributed by atoms with Crippen LogP contribution in [0.5, 0.6) is 5.75 Å². The minimum absolute atomic E-state index is 0.111. The van der Waals surface area contributed by atoms with Crippen LogP contribution >= 0.6 is 11.6 Å². The van der Waals surface area contributed by atoms with E-state index in [0.29, 0.717) is 33.9 Å². The second-order valence-corrected chi connectivity index (χ2v) is 9.75. The molecular formula is C25H21ClN2O5S. The quantitative estimate of drug-likeness (QED) is 0.303. The molecule has 1 heterocycles. The number of ketones is 1. The summed E-state index contributed by atoms with van der Waals surface area (Å²) in [5.41, 5.74) is 2.28. The molecule has 0 spiro atoms. The number of methoxy groups -OCH3 is 1. The van der Waals surface area contributed by atoms with Crippen LogP contribution in [0.15, 0.2) is 77.7 Å². The van der Waals surface area contributed by atoms with Crippen LogP contribution in [0.1, 0.15) is 21.6 Å². The van der Waals surface area contributed by atoms with E-state index in [9.17, 15) is 18.0 Å². The van der Waals surface area contributed by atoms with Gasteiger partial charge in [0.05, 0.1) is 17.6 Å². The smallest absolute Gasteiger partial charge is 0.306 e. The van der Waals surface area contributed by atoms with Crippen LogP contribution in [0.25, 0.3) is 10.9 Å². The number of halogens is 1. The zero-order chi connectivity index (χ0) is 24.5. The van der Waals surface area contributed by atoms with Crippen molar-refractivity contribution in [3.63, 3.8) is 0 Å². The van der Waals surface area contributed by atoms with Crippen molar-refractivity contribution in [2.24, 2.45) is 0 Å². The molecule has 4 aromatic rings. The molecule has 0 fully saturated rings. The number of carbonyl (C=O) groups is 2. The molecule has 0 aliphatic rings. The molecule has 0 atom stereocenters. The minimum Gasteiger partial charge on any atom is -0.497 e. The Morgan fingerprint density at radius 1 is 1.00 bits per heavy atom. The van der Waals surface area contributed by atoms with Crippen molar-refractivity contribution in [3.05, 3.63) is 94.6 Å². The number of nitrogens with one attached hydrogen (secondary N) is 1. The molecule has 0 radical (unpaired) electrons. The molecule has 174 valence electrons. The molecule has 7 nitrogen and oxygen atoms in total. The van der Waals surface area contributed by atoms with E-state index in [1.54, 1.807) is 43.3 Å². The SMILES string of the molecule is COc1ccc2c(c1)c(C(=O)C(=O)NS(=O)(=O)c1ccccc1)c(C)n2Cc1ccc(Cl)cc1. The number of fused-ring (bicyclic) bond motifs is 1. The summed E-state index contributed by atoms with van der Waals surface area (Å²) in [7, 11) is -2.70. The second-order valence-electron chi connectivity index (χ2n) is 7.63. The van der Waals surface area contributed by atoms with E-state index in [1.165, 1.54) is 31.4 Å². The topological polar surface area (TPSA) is 94.5 Å². The average molecular weight is 497 g/mol. The van der Waals surface area contributed by atoms with Crippen molar-refractivity contribution in [1.29, 1.82) is 0 Å². The number of benzene rings is 3. The highest BCUT2D eigenvalue weighted by Gasteiger charge is 2.29. The Labute approximate surface area is 202 Å². The van der Waals surface area contributed by atoms with Crippen LogP contribution in [-0.2, 0) is 21.4 Å². The normalized spacial score (nSPS) is 11.4. The van der Waals surface area contributed by atoms with Crippen LogP contribution < -0.4 is 9.46 Å². The Kier molecular flexibility index (Phi) is 6.45. The van der Waals surface area contributed by atoms with Gasteiger partial charge < -0.3 is 9.30 Å². The van der Waals surface area contributed by atoms with Gasteiger partial charge in [0.25, 0.3) is 15.8 Å². The van der Waals surface area contributed by atoms with Gasteiger partial charge in [-0.3, -0.25) is 9.59 Å². The summed E-state index contributed by atoms with van der Waals surface area (Å²) in [4.78, 5) is 25.9. The van der Waals surface area contributed by atoms with Gasteiger partial charge >= 0.3 is 5.91 Å². The largest absolute Gasteiger partial charge is 0.497 e. The van der Waals surface area contributed by atoms with Crippen molar-refractivity contribution >= 4 is 44.2 Å². The van der Waals surface area contributed by atoms with Gasteiger partial charge in [0.2, 0.25) is 0 Å². The van der Waals surface area contributed by atoms with Gasteiger partial charge in [-0.2, -0.15) is 0 Å². The standard InChI is InChI=1S/C25H21ClN2O5S/c1-16-23(24(29)25(30)27-34(31,32)20-6-4-3-5-7-20)21-14-19(33-2)12-13-22(21)28(16)15-17-8-10-18(26)11-9-17/h3-14H,15H2,1-2H3,(H,27,30). The Balaban J connectivity index is 1.76. The number of hydrogen-bond acceptors (Lipinski definition) is 5. The summed E-state index contributed by atoms with van der Waals surface area (Å²) in [5.74, 6) is -1.69. The lowest BCUT2D eigenvalue weighted by molar-refractivity contribution is -0.115. The van der Waals surface area contributed by atoms with Gasteiger partial charge in [0.15, 0.2) is 0 Å². The summed E-state index contributed by atoms with van der Waals surface area (Å²) >= 11 is 5.99. The van der Waals surface area contributed by atoms with E-state index in [1.807, 2.05) is 21.4 Å². The number of ether oxygens (including phenoxy) is 1. The molecule has 1 amide bonds. The molecule has 0 unspecified atom stereocenters. The number of nitrogens with zero attached hydrogens (tertiary/aromatic N) is 1. The lowest BCUT2D eigenvalue weighted by Gasteiger charge is -2.10. The van der Waals surface area contributed by atoms with Gasteiger partial charge in [0.1, 0.15) is 5.75 Å². The second kappa shape index (κ2) is 9.32. The van der Waals surface area contributed by atoms with Crippen molar-refractivity contribution in [1.82, 2.24) is 9.29 Å². The number of rotatable bonds is 7. The Bertz CT molecular complexity index is 1490. The predicted octanol–water partition coefficient (Wildman–Crippen LogP) is 4.35. The number of amides is 1. The maximum absolute atomic E-state index is 13.3. The third-order valence-corrected chi connectivity index (χ3v) is 7.10. The van der Waals surface area contributed by atoms with Crippen LogP contribution in [0.3, 0.4) is 0 Å². The molecule has 0 bridgehead atoms. The summed E-state index contributed by atoms with van der Waals surface area (Å²) < 4.78 is 34.2. The van der Waals surface area contributed by atoms with Gasteiger partial charge in [-0.25, -0.2) is 13.1 Å². The number of hydrogen-bond donors (Lipinski definition) is 1. The minimum atomic E-state index is -4.20. The Hall–Kier alpha value is -3.62. The van der Waals surface area contributed by atoms with Gasteiger partial charge in [0, 0.05) is 28.2 Å². The fourth-order valence-electron chi connectivity index (χ4n) is 3.79. The third kappa shape index (κ3) is 4.55. The molecule has 3 aromatic carbocycles. The zero-order valence-corrected chi connectivity index (χ0v) is 20.0. The van der Waals surface area contributed by atoms with Crippen molar-refractivity contribution in [3.8, 4) is 5.75 Å². The molecule has 4 rings (SSSR count). The predicted molar refractivity (Wildman–Crippen MR) is 130 cm³/mol. The first kappa shape index (κ1) is 23.5. The van der Waals surface area contributed by atoms with E-state index < -0.39 is 21.7 Å². The van der Waals surface area contributed by atoms with E-state index in [0.717, 1.165) is 5.56 Å². The highest BCUT2D eigenvalue weighted by molar-refractivity contribution is 7.90. The average Bonchev–Trinajstić information content (AvgIpc) is 3.10. The van der Waals surface area contributed by atoms with Crippen molar-refractivity contribution in [2.45, 2.75) is 18.4 Å². The molecule has 0 saturated carbocycles. The van der Waals surface area contributed by atoms with Gasteiger partial charge in [-0.05, 0) is 55.0 Å². The van der Waals surface area contributed by atoms with Gasteiger partial charge in [-0.1, -0.05) is 41.9 Å². The van der Waals surface area contributed by atoms with Crippen molar-refractivity contribution in [2.75, 3.05) is 7.11 Å².